The highest BCUT2D eigenvalue weighted by molar-refractivity contribution is 5.20. The summed E-state index contributed by atoms with van der Waals surface area (Å²) in [5, 5.41) is 3.20. The predicted octanol–water partition coefficient (Wildman–Crippen LogP) is 2.52. The molecule has 1 aromatic rings. The summed E-state index contributed by atoms with van der Waals surface area (Å²) in [4.78, 5) is 0. The maximum Gasteiger partial charge on any atom is 0.162 e. The summed E-state index contributed by atoms with van der Waals surface area (Å²) in [5.74, 6) is -1.55. The number of nitrogens with one attached hydrogen (secondary N) is 1. The zero-order valence-electron chi connectivity index (χ0n) is 10.3. The lowest BCUT2D eigenvalue weighted by atomic mass is 10.1. The average molecular weight is 243 g/mol. The third-order valence-electron chi connectivity index (χ3n) is 2.51. The zero-order chi connectivity index (χ0) is 12.7. The van der Waals surface area contributed by atoms with Crippen LogP contribution in [0.25, 0.3) is 0 Å². The summed E-state index contributed by atoms with van der Waals surface area (Å²) in [7, 11) is 0. The van der Waals surface area contributed by atoms with E-state index in [-0.39, 0.29) is 6.04 Å². The van der Waals surface area contributed by atoms with Crippen molar-refractivity contribution in [2.75, 3.05) is 19.8 Å². The molecule has 0 aliphatic heterocycles. The summed E-state index contributed by atoms with van der Waals surface area (Å²) >= 11 is 0. The van der Waals surface area contributed by atoms with E-state index in [9.17, 15) is 8.78 Å². The molecule has 0 spiro atoms. The highest BCUT2D eigenvalue weighted by Crippen LogP contribution is 2.13. The first-order valence-electron chi connectivity index (χ1n) is 5.93. The highest BCUT2D eigenvalue weighted by atomic mass is 19.2. The van der Waals surface area contributed by atoms with Crippen LogP contribution < -0.4 is 5.32 Å². The number of hydrogen-bond donors (Lipinski definition) is 1. The molecule has 0 fully saturated rings. The van der Waals surface area contributed by atoms with Gasteiger partial charge in [0.1, 0.15) is 0 Å². The second-order valence-electron chi connectivity index (χ2n) is 3.83. The first-order chi connectivity index (χ1) is 8.19. The van der Waals surface area contributed by atoms with Gasteiger partial charge in [-0.25, -0.2) is 8.78 Å². The smallest absolute Gasteiger partial charge is 0.162 e. The molecule has 1 atom stereocenters. The van der Waals surface area contributed by atoms with Gasteiger partial charge in [-0.2, -0.15) is 0 Å². The Bertz CT molecular complexity index is 344. The Balaban J connectivity index is 2.67. The minimum Gasteiger partial charge on any atom is -0.380 e. The predicted molar refractivity (Wildman–Crippen MR) is 64.0 cm³/mol. The van der Waals surface area contributed by atoms with E-state index < -0.39 is 11.6 Å². The fourth-order valence-corrected chi connectivity index (χ4v) is 1.71. The van der Waals surface area contributed by atoms with Crippen molar-refractivity contribution in [1.29, 1.82) is 0 Å². The molecule has 0 heterocycles. The van der Waals surface area contributed by atoms with Crippen molar-refractivity contribution in [2.24, 2.45) is 0 Å². The molecule has 17 heavy (non-hydrogen) atoms. The monoisotopic (exact) mass is 243 g/mol. The Morgan fingerprint density at radius 3 is 2.71 bits per heavy atom. The van der Waals surface area contributed by atoms with Crippen molar-refractivity contribution in [3.05, 3.63) is 35.4 Å². The second-order valence-corrected chi connectivity index (χ2v) is 3.83. The van der Waals surface area contributed by atoms with Crippen LogP contribution in [-0.4, -0.2) is 25.8 Å². The molecule has 0 saturated heterocycles. The maximum atomic E-state index is 13.5. The summed E-state index contributed by atoms with van der Waals surface area (Å²) in [6.45, 7) is 5.77. The van der Waals surface area contributed by atoms with E-state index in [2.05, 4.69) is 5.32 Å². The Morgan fingerprint density at radius 2 is 2.06 bits per heavy atom. The molecule has 1 N–H and O–H groups in total. The Kier molecular flexibility index (Phi) is 6.08. The number of halogens is 2. The first kappa shape index (κ1) is 14.1. The van der Waals surface area contributed by atoms with E-state index >= 15 is 0 Å². The molecule has 0 aromatic heterocycles. The number of likely N-dealkylation sites (N-methyl/N-ethyl adjacent to an activating group) is 1. The largest absolute Gasteiger partial charge is 0.380 e. The van der Waals surface area contributed by atoms with Gasteiger partial charge < -0.3 is 10.1 Å². The van der Waals surface area contributed by atoms with Crippen LogP contribution in [0.3, 0.4) is 0 Å². The van der Waals surface area contributed by atoms with E-state index in [4.69, 9.17) is 4.74 Å². The lowest BCUT2D eigenvalue weighted by Gasteiger charge is -2.18. The zero-order valence-corrected chi connectivity index (χ0v) is 10.3. The molecule has 1 unspecified atom stereocenters. The van der Waals surface area contributed by atoms with Crippen LogP contribution in [-0.2, 0) is 11.2 Å². The number of benzene rings is 1. The number of hydrogen-bond acceptors (Lipinski definition) is 2. The topological polar surface area (TPSA) is 21.3 Å². The molecule has 1 aromatic carbocycles. The molecule has 0 saturated carbocycles. The van der Waals surface area contributed by atoms with Gasteiger partial charge in [-0.1, -0.05) is 19.1 Å². The van der Waals surface area contributed by atoms with E-state index in [0.717, 1.165) is 12.6 Å². The molecule has 0 amide bonds. The fraction of sp³-hybridized carbons (Fsp3) is 0.538. The van der Waals surface area contributed by atoms with Crippen LogP contribution in [0.15, 0.2) is 18.2 Å². The number of rotatable bonds is 7. The lowest BCUT2D eigenvalue weighted by molar-refractivity contribution is 0.123. The second kappa shape index (κ2) is 7.35. The molecule has 0 bridgehead atoms. The van der Waals surface area contributed by atoms with Crippen LogP contribution in [0.4, 0.5) is 8.78 Å². The Hall–Kier alpha value is -1.00. The standard InChI is InChI=1S/C13H19F2NO/c1-3-16-11(9-17-4-2)8-10-6-5-7-12(14)13(10)15/h5-7,11,16H,3-4,8-9H2,1-2H3. The summed E-state index contributed by atoms with van der Waals surface area (Å²) in [5.41, 5.74) is 0.385. The quantitative estimate of drug-likeness (QED) is 0.794. The van der Waals surface area contributed by atoms with Crippen LogP contribution in [0.5, 0.6) is 0 Å². The molecule has 2 nitrogen and oxygen atoms in total. The van der Waals surface area contributed by atoms with Gasteiger partial charge in [-0.3, -0.25) is 0 Å². The van der Waals surface area contributed by atoms with Crippen LogP contribution in [0.2, 0.25) is 0 Å². The van der Waals surface area contributed by atoms with Gasteiger partial charge in [-0.05, 0) is 31.5 Å². The Labute approximate surface area is 101 Å². The summed E-state index contributed by atoms with van der Waals surface area (Å²) in [6.07, 6.45) is 0.428. The maximum absolute atomic E-state index is 13.5. The van der Waals surface area contributed by atoms with Gasteiger partial charge in [0.15, 0.2) is 11.6 Å². The number of ether oxygens (including phenoxy) is 1. The molecule has 1 rings (SSSR count). The van der Waals surface area contributed by atoms with E-state index in [0.29, 0.717) is 25.2 Å². The van der Waals surface area contributed by atoms with Crippen LogP contribution in [0, 0.1) is 11.6 Å². The molecule has 0 aliphatic rings. The van der Waals surface area contributed by atoms with Gasteiger partial charge >= 0.3 is 0 Å². The van der Waals surface area contributed by atoms with E-state index in [1.165, 1.54) is 6.07 Å². The van der Waals surface area contributed by atoms with Crippen molar-refractivity contribution >= 4 is 0 Å². The molecular formula is C13H19F2NO. The summed E-state index contributed by atoms with van der Waals surface area (Å²) in [6, 6.07) is 4.27. The molecule has 0 aliphatic carbocycles. The minimum absolute atomic E-state index is 0.0104. The SMILES string of the molecule is CCNC(COCC)Cc1cccc(F)c1F. The van der Waals surface area contributed by atoms with E-state index in [1.54, 1.807) is 6.07 Å². The average Bonchev–Trinajstić information content (AvgIpc) is 2.32. The minimum atomic E-state index is -0.797. The van der Waals surface area contributed by atoms with Gasteiger partial charge in [-0.15, -0.1) is 0 Å². The van der Waals surface area contributed by atoms with Gasteiger partial charge in [0, 0.05) is 12.6 Å². The molecule has 96 valence electrons. The van der Waals surface area contributed by atoms with Crippen molar-refractivity contribution in [2.45, 2.75) is 26.3 Å². The van der Waals surface area contributed by atoms with Crippen molar-refractivity contribution in [1.82, 2.24) is 5.32 Å². The van der Waals surface area contributed by atoms with Gasteiger partial charge in [0.05, 0.1) is 6.61 Å². The first-order valence-corrected chi connectivity index (χ1v) is 5.93. The van der Waals surface area contributed by atoms with Crippen molar-refractivity contribution < 1.29 is 13.5 Å². The van der Waals surface area contributed by atoms with E-state index in [1.807, 2.05) is 13.8 Å². The molecule has 0 radical (unpaired) electrons. The van der Waals surface area contributed by atoms with Crippen molar-refractivity contribution in [3.8, 4) is 0 Å². The molecular weight excluding hydrogens is 224 g/mol. The third-order valence-corrected chi connectivity index (χ3v) is 2.51. The van der Waals surface area contributed by atoms with Gasteiger partial charge in [0.2, 0.25) is 0 Å². The fourth-order valence-electron chi connectivity index (χ4n) is 1.71. The van der Waals surface area contributed by atoms with Crippen molar-refractivity contribution in [3.63, 3.8) is 0 Å². The summed E-state index contributed by atoms with van der Waals surface area (Å²) < 4.78 is 31.8. The molecule has 4 heteroatoms. The van der Waals surface area contributed by atoms with Crippen LogP contribution >= 0.6 is 0 Å². The lowest BCUT2D eigenvalue weighted by Crippen LogP contribution is -2.35. The third kappa shape index (κ3) is 4.40. The Morgan fingerprint density at radius 1 is 1.29 bits per heavy atom. The highest BCUT2D eigenvalue weighted by Gasteiger charge is 2.13. The van der Waals surface area contributed by atoms with Crippen LogP contribution in [0.1, 0.15) is 19.4 Å². The van der Waals surface area contributed by atoms with Gasteiger partial charge in [0.25, 0.3) is 0 Å². The normalized spacial score (nSPS) is 12.7.